The van der Waals surface area contributed by atoms with Crippen LogP contribution >= 0.6 is 11.3 Å². The van der Waals surface area contributed by atoms with Crippen LogP contribution < -0.4 is 5.32 Å². The SMILES string of the molecule is CCNC(c1cccs1)c1nccc2ccccc12. The van der Waals surface area contributed by atoms with E-state index in [9.17, 15) is 0 Å². The van der Waals surface area contributed by atoms with Gasteiger partial charge in [-0.05, 0) is 29.4 Å². The summed E-state index contributed by atoms with van der Waals surface area (Å²) < 4.78 is 0. The zero-order valence-electron chi connectivity index (χ0n) is 10.8. The minimum absolute atomic E-state index is 0.177. The molecule has 1 unspecified atom stereocenters. The van der Waals surface area contributed by atoms with E-state index in [-0.39, 0.29) is 6.04 Å². The lowest BCUT2D eigenvalue weighted by molar-refractivity contribution is 0.629. The first-order valence-corrected chi connectivity index (χ1v) is 7.38. The molecule has 96 valence electrons. The Morgan fingerprint density at radius 1 is 1.16 bits per heavy atom. The molecule has 0 fully saturated rings. The molecule has 0 saturated carbocycles. The summed E-state index contributed by atoms with van der Waals surface area (Å²) in [6.45, 7) is 3.05. The molecule has 0 aliphatic carbocycles. The Morgan fingerprint density at radius 3 is 2.84 bits per heavy atom. The average Bonchev–Trinajstić information content (AvgIpc) is 2.98. The zero-order valence-corrected chi connectivity index (χ0v) is 11.7. The third-order valence-corrected chi connectivity index (χ3v) is 4.15. The molecule has 0 spiro atoms. The van der Waals surface area contributed by atoms with Crippen LogP contribution in [0.5, 0.6) is 0 Å². The maximum Gasteiger partial charge on any atom is 0.0851 e. The van der Waals surface area contributed by atoms with Crippen molar-refractivity contribution in [2.75, 3.05) is 6.54 Å². The highest BCUT2D eigenvalue weighted by molar-refractivity contribution is 7.10. The van der Waals surface area contributed by atoms with Gasteiger partial charge in [-0.3, -0.25) is 4.98 Å². The first kappa shape index (κ1) is 12.3. The number of nitrogens with zero attached hydrogens (tertiary/aromatic N) is 1. The predicted molar refractivity (Wildman–Crippen MR) is 81.6 cm³/mol. The van der Waals surface area contributed by atoms with Gasteiger partial charge < -0.3 is 5.32 Å². The monoisotopic (exact) mass is 268 g/mol. The van der Waals surface area contributed by atoms with Gasteiger partial charge in [0.2, 0.25) is 0 Å². The normalized spacial score (nSPS) is 12.7. The number of nitrogens with one attached hydrogen (secondary N) is 1. The molecule has 2 aromatic heterocycles. The second-order valence-corrected chi connectivity index (χ2v) is 5.40. The summed E-state index contributed by atoms with van der Waals surface area (Å²) >= 11 is 1.77. The maximum atomic E-state index is 4.63. The third-order valence-electron chi connectivity index (χ3n) is 3.21. The summed E-state index contributed by atoms with van der Waals surface area (Å²) in [6.07, 6.45) is 1.90. The fraction of sp³-hybridized carbons (Fsp3) is 0.188. The summed E-state index contributed by atoms with van der Waals surface area (Å²) in [7, 11) is 0. The van der Waals surface area contributed by atoms with E-state index in [0.717, 1.165) is 12.2 Å². The maximum absolute atomic E-state index is 4.63. The van der Waals surface area contributed by atoms with E-state index in [2.05, 4.69) is 65.1 Å². The highest BCUT2D eigenvalue weighted by Gasteiger charge is 2.17. The van der Waals surface area contributed by atoms with Gasteiger partial charge in [0.25, 0.3) is 0 Å². The number of rotatable bonds is 4. The molecule has 3 aromatic rings. The topological polar surface area (TPSA) is 24.9 Å². The molecule has 1 atom stereocenters. The number of benzene rings is 1. The molecule has 1 N–H and O–H groups in total. The van der Waals surface area contributed by atoms with Gasteiger partial charge in [0.1, 0.15) is 0 Å². The quantitative estimate of drug-likeness (QED) is 0.773. The lowest BCUT2D eigenvalue weighted by Gasteiger charge is -2.17. The van der Waals surface area contributed by atoms with Crippen LogP contribution in [0.25, 0.3) is 10.8 Å². The second-order valence-electron chi connectivity index (χ2n) is 4.42. The predicted octanol–water partition coefficient (Wildman–Crippen LogP) is 4.00. The van der Waals surface area contributed by atoms with Gasteiger partial charge in [0, 0.05) is 16.5 Å². The molecule has 0 amide bonds. The molecule has 0 aliphatic rings. The number of aromatic nitrogens is 1. The summed E-state index contributed by atoms with van der Waals surface area (Å²) in [6, 6.07) is 14.9. The summed E-state index contributed by atoms with van der Waals surface area (Å²) in [5.41, 5.74) is 1.11. The van der Waals surface area contributed by atoms with Gasteiger partial charge in [-0.25, -0.2) is 0 Å². The van der Waals surface area contributed by atoms with Crippen molar-refractivity contribution in [2.24, 2.45) is 0 Å². The molecule has 0 saturated heterocycles. The number of hydrogen-bond acceptors (Lipinski definition) is 3. The van der Waals surface area contributed by atoms with Gasteiger partial charge in [-0.2, -0.15) is 0 Å². The number of pyridine rings is 1. The van der Waals surface area contributed by atoms with Crippen molar-refractivity contribution in [2.45, 2.75) is 13.0 Å². The molecule has 0 radical (unpaired) electrons. The smallest absolute Gasteiger partial charge is 0.0851 e. The van der Waals surface area contributed by atoms with E-state index in [4.69, 9.17) is 0 Å². The Labute approximate surface area is 117 Å². The van der Waals surface area contributed by atoms with Crippen LogP contribution in [0.3, 0.4) is 0 Å². The largest absolute Gasteiger partial charge is 0.305 e. The van der Waals surface area contributed by atoms with Crippen LogP contribution in [0.1, 0.15) is 23.5 Å². The Hall–Kier alpha value is -1.71. The molecular weight excluding hydrogens is 252 g/mol. The lowest BCUT2D eigenvalue weighted by Crippen LogP contribution is -2.22. The standard InChI is InChI=1S/C16H16N2S/c1-2-17-16(14-8-5-11-19-14)15-13-7-4-3-6-12(13)9-10-18-15/h3-11,16-17H,2H2,1H3. The van der Waals surface area contributed by atoms with Crippen molar-refractivity contribution in [3.8, 4) is 0 Å². The van der Waals surface area contributed by atoms with Gasteiger partial charge >= 0.3 is 0 Å². The van der Waals surface area contributed by atoms with Gasteiger partial charge in [0.05, 0.1) is 11.7 Å². The summed E-state index contributed by atoms with van der Waals surface area (Å²) in [5, 5.41) is 8.13. The summed E-state index contributed by atoms with van der Waals surface area (Å²) in [4.78, 5) is 5.94. The van der Waals surface area contributed by atoms with E-state index in [1.54, 1.807) is 11.3 Å². The van der Waals surface area contributed by atoms with Crippen molar-refractivity contribution >= 4 is 22.1 Å². The summed E-state index contributed by atoms with van der Waals surface area (Å²) in [5.74, 6) is 0. The fourth-order valence-electron chi connectivity index (χ4n) is 2.36. The minimum atomic E-state index is 0.177. The van der Waals surface area contributed by atoms with Gasteiger partial charge in [0.15, 0.2) is 0 Å². The molecule has 2 nitrogen and oxygen atoms in total. The first-order valence-electron chi connectivity index (χ1n) is 6.50. The molecule has 3 rings (SSSR count). The van der Waals surface area contributed by atoms with E-state index < -0.39 is 0 Å². The highest BCUT2D eigenvalue weighted by Crippen LogP contribution is 2.29. The highest BCUT2D eigenvalue weighted by atomic mass is 32.1. The molecule has 2 heterocycles. The van der Waals surface area contributed by atoms with Crippen molar-refractivity contribution in [3.63, 3.8) is 0 Å². The number of fused-ring (bicyclic) bond motifs is 1. The zero-order chi connectivity index (χ0) is 13.1. The van der Waals surface area contributed by atoms with Crippen LogP contribution in [0.15, 0.2) is 54.0 Å². The molecule has 3 heteroatoms. The Morgan fingerprint density at radius 2 is 2.05 bits per heavy atom. The van der Waals surface area contributed by atoms with Crippen LogP contribution in [0.4, 0.5) is 0 Å². The van der Waals surface area contributed by atoms with Crippen molar-refractivity contribution in [1.82, 2.24) is 10.3 Å². The van der Waals surface area contributed by atoms with Crippen LogP contribution in [-0.4, -0.2) is 11.5 Å². The minimum Gasteiger partial charge on any atom is -0.305 e. The first-order chi connectivity index (χ1) is 9.40. The molecule has 0 bridgehead atoms. The molecule has 19 heavy (non-hydrogen) atoms. The van der Waals surface area contributed by atoms with E-state index in [0.29, 0.717) is 0 Å². The van der Waals surface area contributed by atoms with E-state index >= 15 is 0 Å². The van der Waals surface area contributed by atoms with Crippen molar-refractivity contribution < 1.29 is 0 Å². The van der Waals surface area contributed by atoms with Gasteiger partial charge in [-0.15, -0.1) is 11.3 Å². The number of thiophene rings is 1. The van der Waals surface area contributed by atoms with Crippen LogP contribution in [0, 0.1) is 0 Å². The van der Waals surface area contributed by atoms with Crippen molar-refractivity contribution in [3.05, 3.63) is 64.6 Å². The van der Waals surface area contributed by atoms with Gasteiger partial charge in [-0.1, -0.05) is 37.3 Å². The molecule has 1 aromatic carbocycles. The molecule has 0 aliphatic heterocycles. The van der Waals surface area contributed by atoms with Crippen molar-refractivity contribution in [1.29, 1.82) is 0 Å². The van der Waals surface area contributed by atoms with E-state index in [1.165, 1.54) is 15.6 Å². The van der Waals surface area contributed by atoms with Crippen LogP contribution in [0.2, 0.25) is 0 Å². The molecular formula is C16H16N2S. The lowest BCUT2D eigenvalue weighted by atomic mass is 10.0. The second kappa shape index (κ2) is 5.51. The average molecular weight is 268 g/mol. The fourth-order valence-corrected chi connectivity index (χ4v) is 3.17. The third kappa shape index (κ3) is 2.39. The van der Waals surface area contributed by atoms with Crippen LogP contribution in [-0.2, 0) is 0 Å². The Balaban J connectivity index is 2.15. The Bertz CT molecular complexity index is 656. The van der Waals surface area contributed by atoms with E-state index in [1.807, 2.05) is 6.20 Å². The Kier molecular flexibility index (Phi) is 3.58. The number of hydrogen-bond donors (Lipinski definition) is 1.